The molecule has 1 N–H and O–H groups in total. The van der Waals surface area contributed by atoms with Crippen LogP contribution in [0.25, 0.3) is 0 Å². The second-order valence-corrected chi connectivity index (χ2v) is 6.01. The molecular weight excluding hydrogens is 360 g/mol. The van der Waals surface area contributed by atoms with E-state index in [2.05, 4.69) is 21.2 Å². The van der Waals surface area contributed by atoms with Crippen molar-refractivity contribution in [2.24, 2.45) is 0 Å². The van der Waals surface area contributed by atoms with Crippen molar-refractivity contribution in [2.45, 2.75) is 19.4 Å². The molecule has 0 saturated carbocycles. The van der Waals surface area contributed by atoms with Gasteiger partial charge in [-0.2, -0.15) is 0 Å². The molecule has 0 fully saturated rings. The quantitative estimate of drug-likeness (QED) is 0.751. The van der Waals surface area contributed by atoms with E-state index in [9.17, 15) is 8.78 Å². The van der Waals surface area contributed by atoms with Crippen LogP contribution < -0.4 is 5.32 Å². The van der Waals surface area contributed by atoms with Crippen LogP contribution in [0.4, 0.5) is 8.78 Å². The largest absolute Gasteiger partial charge is 0.310 e. The zero-order chi connectivity index (χ0) is 15.4. The average molecular weight is 375 g/mol. The molecule has 1 atom stereocenters. The van der Waals surface area contributed by atoms with Crippen molar-refractivity contribution >= 4 is 27.5 Å². The zero-order valence-corrected chi connectivity index (χ0v) is 13.8. The Morgan fingerprint density at radius 2 is 1.95 bits per heavy atom. The molecule has 0 aromatic heterocycles. The molecule has 2 aromatic carbocycles. The maximum atomic E-state index is 13.8. The molecule has 0 radical (unpaired) electrons. The summed E-state index contributed by atoms with van der Waals surface area (Å²) in [6.45, 7) is 2.67. The first kappa shape index (κ1) is 16.4. The Labute approximate surface area is 136 Å². The first-order valence-corrected chi connectivity index (χ1v) is 7.80. The van der Waals surface area contributed by atoms with E-state index in [0.29, 0.717) is 23.6 Å². The molecule has 21 heavy (non-hydrogen) atoms. The Kier molecular flexibility index (Phi) is 5.73. The van der Waals surface area contributed by atoms with Crippen LogP contribution in [0.15, 0.2) is 40.9 Å². The summed E-state index contributed by atoms with van der Waals surface area (Å²) < 4.78 is 28.0. The fourth-order valence-electron chi connectivity index (χ4n) is 2.24. The third-order valence-corrected chi connectivity index (χ3v) is 4.17. The SMILES string of the molecule is CCNC(Cc1cc(F)ccc1F)c1cc(Cl)ccc1Br. The third-order valence-electron chi connectivity index (χ3n) is 3.22. The molecule has 2 rings (SSSR count). The van der Waals surface area contributed by atoms with E-state index in [1.165, 1.54) is 6.07 Å². The second-order valence-electron chi connectivity index (χ2n) is 4.72. The summed E-state index contributed by atoms with van der Waals surface area (Å²) in [6.07, 6.45) is 0.344. The predicted molar refractivity (Wildman–Crippen MR) is 85.6 cm³/mol. The minimum Gasteiger partial charge on any atom is -0.310 e. The number of rotatable bonds is 5. The highest BCUT2D eigenvalue weighted by Crippen LogP contribution is 2.29. The molecule has 1 unspecified atom stereocenters. The number of nitrogens with one attached hydrogen (secondary N) is 1. The van der Waals surface area contributed by atoms with Gasteiger partial charge in [0.25, 0.3) is 0 Å². The molecule has 0 spiro atoms. The summed E-state index contributed by atoms with van der Waals surface area (Å²) in [5.41, 5.74) is 1.26. The number of halogens is 4. The molecule has 0 heterocycles. The summed E-state index contributed by atoms with van der Waals surface area (Å²) in [5, 5.41) is 3.89. The predicted octanol–water partition coefficient (Wildman–Crippen LogP) is 5.27. The van der Waals surface area contributed by atoms with Crippen LogP contribution in [0.3, 0.4) is 0 Å². The fraction of sp³-hybridized carbons (Fsp3) is 0.250. The molecule has 5 heteroatoms. The van der Waals surface area contributed by atoms with Crippen molar-refractivity contribution in [2.75, 3.05) is 6.54 Å². The van der Waals surface area contributed by atoms with Crippen LogP contribution in [-0.4, -0.2) is 6.54 Å². The van der Waals surface area contributed by atoms with E-state index in [0.717, 1.165) is 22.2 Å². The standard InChI is InChI=1S/C16H15BrClF2N/c1-2-21-16(13-9-11(18)3-5-14(13)17)8-10-7-12(19)4-6-15(10)20/h3-7,9,16,21H,2,8H2,1H3. The number of hydrogen-bond donors (Lipinski definition) is 1. The Morgan fingerprint density at radius 1 is 1.19 bits per heavy atom. The summed E-state index contributed by atoms with van der Waals surface area (Å²) in [7, 11) is 0. The van der Waals surface area contributed by atoms with Gasteiger partial charge in [0.2, 0.25) is 0 Å². The topological polar surface area (TPSA) is 12.0 Å². The lowest BCUT2D eigenvalue weighted by atomic mass is 9.98. The van der Waals surface area contributed by atoms with E-state index < -0.39 is 11.6 Å². The minimum absolute atomic E-state index is 0.153. The highest BCUT2D eigenvalue weighted by atomic mass is 79.9. The molecule has 0 aliphatic heterocycles. The van der Waals surface area contributed by atoms with Crippen molar-refractivity contribution in [3.63, 3.8) is 0 Å². The Balaban J connectivity index is 2.35. The van der Waals surface area contributed by atoms with E-state index in [4.69, 9.17) is 11.6 Å². The molecule has 0 aliphatic rings. The van der Waals surface area contributed by atoms with Crippen LogP contribution in [0.2, 0.25) is 5.02 Å². The van der Waals surface area contributed by atoms with E-state index in [-0.39, 0.29) is 6.04 Å². The second kappa shape index (κ2) is 7.34. The summed E-state index contributed by atoms with van der Waals surface area (Å²) >= 11 is 9.52. The first-order chi connectivity index (χ1) is 10.0. The highest BCUT2D eigenvalue weighted by molar-refractivity contribution is 9.10. The highest BCUT2D eigenvalue weighted by Gasteiger charge is 2.17. The number of benzene rings is 2. The molecule has 0 bridgehead atoms. The van der Waals surface area contributed by atoms with Gasteiger partial charge in [-0.15, -0.1) is 0 Å². The lowest BCUT2D eigenvalue weighted by Gasteiger charge is -2.20. The van der Waals surface area contributed by atoms with E-state index in [1.807, 2.05) is 19.1 Å². The van der Waals surface area contributed by atoms with Crippen molar-refractivity contribution < 1.29 is 8.78 Å². The summed E-state index contributed by atoms with van der Waals surface area (Å²) in [6, 6.07) is 8.82. The third kappa shape index (κ3) is 4.25. The Hall–Kier alpha value is -0.970. The van der Waals surface area contributed by atoms with Crippen LogP contribution in [-0.2, 0) is 6.42 Å². The lowest BCUT2D eigenvalue weighted by Crippen LogP contribution is -2.23. The first-order valence-electron chi connectivity index (χ1n) is 6.63. The minimum atomic E-state index is -0.438. The zero-order valence-electron chi connectivity index (χ0n) is 11.5. The van der Waals surface area contributed by atoms with Crippen LogP contribution in [0, 0.1) is 11.6 Å². The van der Waals surface area contributed by atoms with Gasteiger partial charge in [0, 0.05) is 15.5 Å². The van der Waals surface area contributed by atoms with Gasteiger partial charge in [-0.3, -0.25) is 0 Å². The van der Waals surface area contributed by atoms with Crippen molar-refractivity contribution in [1.82, 2.24) is 5.32 Å². The monoisotopic (exact) mass is 373 g/mol. The Morgan fingerprint density at radius 3 is 2.67 bits per heavy atom. The smallest absolute Gasteiger partial charge is 0.126 e. The van der Waals surface area contributed by atoms with Gasteiger partial charge in [0.1, 0.15) is 11.6 Å². The molecular formula is C16H15BrClF2N. The maximum Gasteiger partial charge on any atom is 0.126 e. The molecule has 2 aromatic rings. The van der Waals surface area contributed by atoms with Gasteiger partial charge in [0.05, 0.1) is 0 Å². The van der Waals surface area contributed by atoms with Gasteiger partial charge in [-0.05, 0) is 60.5 Å². The van der Waals surface area contributed by atoms with E-state index >= 15 is 0 Å². The van der Waals surface area contributed by atoms with E-state index in [1.54, 1.807) is 6.07 Å². The molecule has 0 saturated heterocycles. The lowest BCUT2D eigenvalue weighted by molar-refractivity contribution is 0.520. The van der Waals surface area contributed by atoms with Crippen molar-refractivity contribution in [1.29, 1.82) is 0 Å². The van der Waals surface area contributed by atoms with Crippen LogP contribution in [0.5, 0.6) is 0 Å². The van der Waals surface area contributed by atoms with Crippen LogP contribution in [0.1, 0.15) is 24.1 Å². The van der Waals surface area contributed by atoms with Gasteiger partial charge in [-0.1, -0.05) is 34.5 Å². The van der Waals surface area contributed by atoms with Gasteiger partial charge in [-0.25, -0.2) is 8.78 Å². The van der Waals surface area contributed by atoms with Crippen molar-refractivity contribution in [3.05, 3.63) is 68.7 Å². The molecule has 0 aliphatic carbocycles. The van der Waals surface area contributed by atoms with Gasteiger partial charge < -0.3 is 5.32 Å². The van der Waals surface area contributed by atoms with Gasteiger partial charge >= 0.3 is 0 Å². The molecule has 112 valence electrons. The maximum absolute atomic E-state index is 13.8. The summed E-state index contributed by atoms with van der Waals surface area (Å²) in [4.78, 5) is 0. The molecule has 0 amide bonds. The number of likely N-dealkylation sites (N-methyl/N-ethyl adjacent to an activating group) is 1. The summed E-state index contributed by atoms with van der Waals surface area (Å²) in [5.74, 6) is -0.843. The van der Waals surface area contributed by atoms with Crippen molar-refractivity contribution in [3.8, 4) is 0 Å². The van der Waals surface area contributed by atoms with Crippen LogP contribution >= 0.6 is 27.5 Å². The molecule has 1 nitrogen and oxygen atoms in total. The average Bonchev–Trinajstić information content (AvgIpc) is 2.45. The Bertz CT molecular complexity index is 634. The normalized spacial score (nSPS) is 12.4. The van der Waals surface area contributed by atoms with Gasteiger partial charge in [0.15, 0.2) is 0 Å². The number of hydrogen-bond acceptors (Lipinski definition) is 1. The fourth-order valence-corrected chi connectivity index (χ4v) is 2.94.